The molecule has 2 saturated carbocycles. The minimum atomic E-state index is -1.12. The van der Waals surface area contributed by atoms with Gasteiger partial charge in [-0.3, -0.25) is 0 Å². The van der Waals surface area contributed by atoms with Crippen molar-refractivity contribution in [2.75, 3.05) is 0 Å². The van der Waals surface area contributed by atoms with Gasteiger partial charge in [-0.05, 0) is 48.9 Å². The van der Waals surface area contributed by atoms with E-state index in [9.17, 15) is 0 Å². The molecular formula is C18H28OSi. The zero-order valence-corrected chi connectivity index (χ0v) is 13.8. The van der Waals surface area contributed by atoms with Crippen LogP contribution in [0.2, 0.25) is 11.1 Å². The van der Waals surface area contributed by atoms with Crippen molar-refractivity contribution in [3.63, 3.8) is 0 Å². The third-order valence-electron chi connectivity index (χ3n) is 5.24. The normalized spacial score (nSPS) is 22.1. The van der Waals surface area contributed by atoms with E-state index in [-0.39, 0.29) is 0 Å². The molecule has 0 aliphatic heterocycles. The zero-order valence-electron chi connectivity index (χ0n) is 12.6. The molecule has 1 aromatic rings. The van der Waals surface area contributed by atoms with Crippen molar-refractivity contribution in [1.29, 1.82) is 0 Å². The first-order valence-corrected chi connectivity index (χ1v) is 10.5. The molecule has 0 bridgehead atoms. The van der Waals surface area contributed by atoms with Gasteiger partial charge in [-0.2, -0.15) is 0 Å². The van der Waals surface area contributed by atoms with Gasteiger partial charge in [0.15, 0.2) is 0 Å². The van der Waals surface area contributed by atoms with E-state index in [1.165, 1.54) is 64.2 Å². The van der Waals surface area contributed by atoms with Crippen molar-refractivity contribution >= 4 is 9.04 Å². The van der Waals surface area contributed by atoms with Crippen LogP contribution in [0.1, 0.15) is 64.2 Å². The summed E-state index contributed by atoms with van der Waals surface area (Å²) in [6.45, 7) is 0. The fourth-order valence-corrected chi connectivity index (χ4v) is 8.04. The highest BCUT2D eigenvalue weighted by Crippen LogP contribution is 2.41. The molecule has 0 radical (unpaired) electrons. The second-order valence-electron chi connectivity index (χ2n) is 6.69. The molecule has 2 aliphatic rings. The Labute approximate surface area is 125 Å². The Hall–Kier alpha value is -0.763. The average Bonchev–Trinajstić information content (AvgIpc) is 2.55. The van der Waals surface area contributed by atoms with Crippen LogP contribution in [0.4, 0.5) is 0 Å². The molecule has 0 amide bonds. The van der Waals surface area contributed by atoms with Crippen LogP contribution < -0.4 is 4.43 Å². The van der Waals surface area contributed by atoms with Crippen LogP contribution in [0.3, 0.4) is 0 Å². The number of benzene rings is 1. The Morgan fingerprint density at radius 3 is 1.70 bits per heavy atom. The summed E-state index contributed by atoms with van der Waals surface area (Å²) in [4.78, 5) is 0. The second kappa shape index (κ2) is 7.30. The Morgan fingerprint density at radius 1 is 0.700 bits per heavy atom. The van der Waals surface area contributed by atoms with Gasteiger partial charge < -0.3 is 4.43 Å². The molecule has 1 nitrogen and oxygen atoms in total. The van der Waals surface area contributed by atoms with Crippen molar-refractivity contribution in [3.05, 3.63) is 30.3 Å². The lowest BCUT2D eigenvalue weighted by Gasteiger charge is -2.36. The molecule has 0 aromatic heterocycles. The van der Waals surface area contributed by atoms with E-state index in [1.54, 1.807) is 0 Å². The van der Waals surface area contributed by atoms with E-state index >= 15 is 0 Å². The van der Waals surface area contributed by atoms with E-state index in [4.69, 9.17) is 4.43 Å². The molecule has 0 N–H and O–H groups in total. The highest BCUT2D eigenvalue weighted by Gasteiger charge is 2.35. The van der Waals surface area contributed by atoms with Crippen molar-refractivity contribution in [3.8, 4) is 5.75 Å². The Morgan fingerprint density at radius 2 is 1.20 bits per heavy atom. The van der Waals surface area contributed by atoms with Gasteiger partial charge in [0.25, 0.3) is 0 Å². The molecule has 0 atom stereocenters. The number of hydrogen-bond acceptors (Lipinski definition) is 1. The third-order valence-corrected chi connectivity index (χ3v) is 8.98. The van der Waals surface area contributed by atoms with Gasteiger partial charge in [0, 0.05) is 0 Å². The first-order valence-electron chi connectivity index (χ1n) is 8.65. The van der Waals surface area contributed by atoms with Crippen LogP contribution in [-0.2, 0) is 0 Å². The largest absolute Gasteiger partial charge is 0.546 e. The summed E-state index contributed by atoms with van der Waals surface area (Å²) in [6, 6.07) is 10.6. The van der Waals surface area contributed by atoms with Crippen molar-refractivity contribution < 1.29 is 4.43 Å². The fraction of sp³-hybridized carbons (Fsp3) is 0.667. The van der Waals surface area contributed by atoms with Gasteiger partial charge in [0.1, 0.15) is 5.75 Å². The highest BCUT2D eigenvalue weighted by atomic mass is 28.3. The molecule has 2 fully saturated rings. The third kappa shape index (κ3) is 3.66. The first-order chi connectivity index (χ1) is 9.93. The SMILES string of the molecule is c1ccc(O[SiH](C2CCCCC2)C2CCCCC2)cc1. The molecule has 0 spiro atoms. The summed E-state index contributed by atoms with van der Waals surface area (Å²) in [5.74, 6) is 1.14. The lowest BCUT2D eigenvalue weighted by atomic mass is 9.99. The van der Waals surface area contributed by atoms with Crippen LogP contribution in [0.25, 0.3) is 0 Å². The predicted octanol–water partition coefficient (Wildman–Crippen LogP) is 5.46. The van der Waals surface area contributed by atoms with Crippen molar-refractivity contribution in [2.45, 2.75) is 75.3 Å². The summed E-state index contributed by atoms with van der Waals surface area (Å²) in [7, 11) is -1.12. The van der Waals surface area contributed by atoms with Gasteiger partial charge in [-0.25, -0.2) is 0 Å². The molecule has 3 rings (SSSR count). The average molecular weight is 289 g/mol. The summed E-state index contributed by atoms with van der Waals surface area (Å²) in [5.41, 5.74) is 1.87. The van der Waals surface area contributed by atoms with E-state index in [1.807, 2.05) is 0 Å². The lowest BCUT2D eigenvalue weighted by molar-refractivity contribution is 0.407. The van der Waals surface area contributed by atoms with Crippen molar-refractivity contribution in [1.82, 2.24) is 0 Å². The number of rotatable bonds is 4. The molecule has 20 heavy (non-hydrogen) atoms. The second-order valence-corrected chi connectivity index (χ2v) is 9.74. The lowest BCUT2D eigenvalue weighted by Crippen LogP contribution is -2.36. The van der Waals surface area contributed by atoms with E-state index in [0.717, 1.165) is 16.8 Å². The summed E-state index contributed by atoms with van der Waals surface area (Å²) in [5, 5.41) is 0. The first kappa shape index (κ1) is 14.2. The molecular weight excluding hydrogens is 260 g/mol. The maximum atomic E-state index is 6.63. The molecule has 110 valence electrons. The van der Waals surface area contributed by atoms with Crippen LogP contribution in [0.5, 0.6) is 5.75 Å². The quantitative estimate of drug-likeness (QED) is 0.669. The van der Waals surface area contributed by atoms with Crippen LogP contribution in [0, 0.1) is 0 Å². The summed E-state index contributed by atoms with van der Waals surface area (Å²) in [6.07, 6.45) is 14.5. The van der Waals surface area contributed by atoms with Gasteiger partial charge in [-0.15, -0.1) is 0 Å². The highest BCUT2D eigenvalue weighted by molar-refractivity contribution is 6.56. The van der Waals surface area contributed by atoms with Crippen molar-refractivity contribution in [2.24, 2.45) is 0 Å². The fourth-order valence-electron chi connectivity index (χ4n) is 4.16. The van der Waals surface area contributed by atoms with Gasteiger partial charge in [0.2, 0.25) is 9.04 Å². The van der Waals surface area contributed by atoms with Gasteiger partial charge in [-0.1, -0.05) is 56.7 Å². The zero-order chi connectivity index (χ0) is 13.6. The van der Waals surface area contributed by atoms with Crippen LogP contribution >= 0.6 is 0 Å². The number of hydrogen-bond donors (Lipinski definition) is 0. The topological polar surface area (TPSA) is 9.23 Å². The molecule has 0 saturated heterocycles. The minimum absolute atomic E-state index is 0.937. The smallest absolute Gasteiger partial charge is 0.241 e. The Balaban J connectivity index is 1.71. The van der Waals surface area contributed by atoms with Gasteiger partial charge >= 0.3 is 0 Å². The van der Waals surface area contributed by atoms with E-state index in [2.05, 4.69) is 30.3 Å². The Bertz CT molecular complexity index is 362. The Kier molecular flexibility index (Phi) is 5.18. The van der Waals surface area contributed by atoms with Crippen LogP contribution in [-0.4, -0.2) is 9.04 Å². The maximum Gasteiger partial charge on any atom is 0.241 e. The molecule has 1 aromatic carbocycles. The monoisotopic (exact) mass is 288 g/mol. The van der Waals surface area contributed by atoms with E-state index in [0.29, 0.717) is 0 Å². The standard InChI is InChI=1S/C18H28OSi/c1-4-10-16(11-5-1)19-20(17-12-6-2-7-13-17)18-14-8-3-9-15-18/h1,4-5,10-11,17-18,20H,2-3,6-9,12-15H2. The minimum Gasteiger partial charge on any atom is -0.546 e. The molecule has 2 heteroatoms. The number of para-hydroxylation sites is 1. The maximum absolute atomic E-state index is 6.63. The van der Waals surface area contributed by atoms with Gasteiger partial charge in [0.05, 0.1) is 0 Å². The molecule has 0 heterocycles. The van der Waals surface area contributed by atoms with Crippen LogP contribution in [0.15, 0.2) is 30.3 Å². The summed E-state index contributed by atoms with van der Waals surface area (Å²) >= 11 is 0. The predicted molar refractivity (Wildman–Crippen MR) is 87.9 cm³/mol. The molecule has 0 unspecified atom stereocenters. The summed E-state index contributed by atoms with van der Waals surface area (Å²) < 4.78 is 6.63. The molecule has 2 aliphatic carbocycles. The van der Waals surface area contributed by atoms with E-state index < -0.39 is 9.04 Å².